The van der Waals surface area contributed by atoms with Crippen LogP contribution in [0, 0.1) is 5.92 Å². The van der Waals surface area contributed by atoms with E-state index in [1.807, 2.05) is 45.0 Å². The first-order valence-electron chi connectivity index (χ1n) is 7.66. The minimum atomic E-state index is -0.883. The van der Waals surface area contributed by atoms with Crippen LogP contribution in [0.15, 0.2) is 24.3 Å². The second kappa shape index (κ2) is 8.45. The van der Waals surface area contributed by atoms with Crippen molar-refractivity contribution < 1.29 is 14.7 Å². The van der Waals surface area contributed by atoms with E-state index in [-0.39, 0.29) is 24.8 Å². The van der Waals surface area contributed by atoms with Crippen LogP contribution in [0.1, 0.15) is 45.6 Å². The van der Waals surface area contributed by atoms with E-state index >= 15 is 0 Å². The van der Waals surface area contributed by atoms with E-state index in [2.05, 4.69) is 0 Å². The van der Waals surface area contributed by atoms with Crippen molar-refractivity contribution in [2.75, 3.05) is 11.4 Å². The Morgan fingerprint density at radius 3 is 2.29 bits per heavy atom. The van der Waals surface area contributed by atoms with Gasteiger partial charge in [0.25, 0.3) is 0 Å². The predicted molar refractivity (Wildman–Crippen MR) is 84.5 cm³/mol. The molecular formula is C17H25NO3. The van der Waals surface area contributed by atoms with E-state index in [9.17, 15) is 9.59 Å². The third-order valence-corrected chi connectivity index (χ3v) is 3.81. The number of aliphatic carboxylic acids is 1. The molecule has 21 heavy (non-hydrogen) atoms. The average Bonchev–Trinajstić information content (AvgIpc) is 2.49. The molecule has 4 heteroatoms. The summed E-state index contributed by atoms with van der Waals surface area (Å²) >= 11 is 0. The maximum atomic E-state index is 12.7. The third kappa shape index (κ3) is 4.59. The van der Waals surface area contributed by atoms with Gasteiger partial charge in [-0.25, -0.2) is 0 Å². The highest BCUT2D eigenvalue weighted by Gasteiger charge is 2.24. The highest BCUT2D eigenvalue weighted by Crippen LogP contribution is 2.24. The number of hydrogen-bond acceptors (Lipinski definition) is 2. The quantitative estimate of drug-likeness (QED) is 0.797. The summed E-state index contributed by atoms with van der Waals surface area (Å²) < 4.78 is 0. The van der Waals surface area contributed by atoms with Crippen LogP contribution in [-0.2, 0) is 16.0 Å². The van der Waals surface area contributed by atoms with Gasteiger partial charge < -0.3 is 10.0 Å². The van der Waals surface area contributed by atoms with Crippen molar-refractivity contribution in [1.29, 1.82) is 0 Å². The monoisotopic (exact) mass is 291 g/mol. The van der Waals surface area contributed by atoms with Crippen molar-refractivity contribution in [3.8, 4) is 0 Å². The topological polar surface area (TPSA) is 57.6 Å². The van der Waals surface area contributed by atoms with Crippen molar-refractivity contribution in [3.05, 3.63) is 29.8 Å². The third-order valence-electron chi connectivity index (χ3n) is 3.81. The molecule has 0 bridgehead atoms. The molecule has 0 spiro atoms. The molecule has 0 aliphatic heterocycles. The fraction of sp³-hybridized carbons (Fsp3) is 0.529. The molecule has 0 fully saturated rings. The summed E-state index contributed by atoms with van der Waals surface area (Å²) in [7, 11) is 0. The van der Waals surface area contributed by atoms with E-state index in [0.29, 0.717) is 0 Å². The van der Waals surface area contributed by atoms with Gasteiger partial charge in [-0.1, -0.05) is 39.0 Å². The Bertz CT molecular complexity index is 481. The number of carboxylic acid groups (broad SMARTS) is 1. The van der Waals surface area contributed by atoms with Gasteiger partial charge >= 0.3 is 5.97 Å². The van der Waals surface area contributed by atoms with Crippen molar-refractivity contribution in [2.24, 2.45) is 5.92 Å². The van der Waals surface area contributed by atoms with E-state index in [0.717, 1.165) is 30.5 Å². The summed E-state index contributed by atoms with van der Waals surface area (Å²) in [4.78, 5) is 25.3. The molecule has 0 heterocycles. The highest BCUT2D eigenvalue weighted by atomic mass is 16.4. The van der Waals surface area contributed by atoms with E-state index in [4.69, 9.17) is 5.11 Å². The van der Waals surface area contributed by atoms with Crippen LogP contribution < -0.4 is 4.90 Å². The Hall–Kier alpha value is -1.84. The lowest BCUT2D eigenvalue weighted by Crippen LogP contribution is -2.38. The number of hydrogen-bond donors (Lipinski definition) is 1. The van der Waals surface area contributed by atoms with Gasteiger partial charge in [0.1, 0.15) is 0 Å². The molecule has 116 valence electrons. The van der Waals surface area contributed by atoms with Crippen LogP contribution in [0.2, 0.25) is 0 Å². The normalized spacial score (nSPS) is 10.7. The van der Waals surface area contributed by atoms with Crippen molar-refractivity contribution in [2.45, 2.75) is 46.5 Å². The SMILES string of the molecule is CCc1ccccc1N(CCC(=O)O)C(=O)C(CC)CC. The Labute approximate surface area is 126 Å². The summed E-state index contributed by atoms with van der Waals surface area (Å²) in [5, 5.41) is 8.93. The number of carbonyl (C=O) groups excluding carboxylic acids is 1. The van der Waals surface area contributed by atoms with Crippen LogP contribution >= 0.6 is 0 Å². The number of para-hydroxylation sites is 1. The van der Waals surface area contributed by atoms with Crippen LogP contribution in [0.25, 0.3) is 0 Å². The van der Waals surface area contributed by atoms with Gasteiger partial charge in [-0.15, -0.1) is 0 Å². The maximum Gasteiger partial charge on any atom is 0.305 e. The first kappa shape index (κ1) is 17.2. The molecule has 0 aliphatic rings. The molecule has 1 N–H and O–H groups in total. The van der Waals surface area contributed by atoms with Gasteiger partial charge in [-0.2, -0.15) is 0 Å². The number of carboxylic acids is 1. The fourth-order valence-corrected chi connectivity index (χ4v) is 2.49. The van der Waals surface area contributed by atoms with Crippen molar-refractivity contribution in [1.82, 2.24) is 0 Å². The molecule has 4 nitrogen and oxygen atoms in total. The number of benzene rings is 1. The van der Waals surface area contributed by atoms with E-state index < -0.39 is 5.97 Å². The summed E-state index contributed by atoms with van der Waals surface area (Å²) in [6.45, 7) is 6.25. The zero-order chi connectivity index (χ0) is 15.8. The van der Waals surface area contributed by atoms with E-state index in [1.54, 1.807) is 4.90 Å². The Balaban J connectivity index is 3.11. The zero-order valence-corrected chi connectivity index (χ0v) is 13.1. The van der Waals surface area contributed by atoms with Gasteiger partial charge in [0.15, 0.2) is 0 Å². The van der Waals surface area contributed by atoms with Gasteiger partial charge in [-0.3, -0.25) is 9.59 Å². The molecule has 0 aliphatic carbocycles. The molecule has 0 aromatic heterocycles. The summed E-state index contributed by atoms with van der Waals surface area (Å²) in [5.41, 5.74) is 1.92. The first-order valence-corrected chi connectivity index (χ1v) is 7.66. The molecule has 1 rings (SSSR count). The zero-order valence-electron chi connectivity index (χ0n) is 13.1. The smallest absolute Gasteiger partial charge is 0.305 e. The molecule has 0 saturated carbocycles. The van der Waals surface area contributed by atoms with Gasteiger partial charge in [0.2, 0.25) is 5.91 Å². The maximum absolute atomic E-state index is 12.7. The Morgan fingerprint density at radius 2 is 1.76 bits per heavy atom. The Morgan fingerprint density at radius 1 is 1.14 bits per heavy atom. The van der Waals surface area contributed by atoms with Crippen LogP contribution in [0.4, 0.5) is 5.69 Å². The minimum absolute atomic E-state index is 0.0298. The molecular weight excluding hydrogens is 266 g/mol. The number of nitrogens with zero attached hydrogens (tertiary/aromatic N) is 1. The summed E-state index contributed by atoms with van der Waals surface area (Å²) in [6.07, 6.45) is 2.32. The molecule has 1 aromatic carbocycles. The van der Waals surface area contributed by atoms with Gasteiger partial charge in [0, 0.05) is 18.2 Å². The standard InChI is InChI=1S/C17H25NO3/c1-4-13(5-2)17(21)18(12-11-16(19)20)15-10-8-7-9-14(15)6-3/h7-10,13H,4-6,11-12H2,1-3H3,(H,19,20). The lowest BCUT2D eigenvalue weighted by atomic mass is 10.00. The fourth-order valence-electron chi connectivity index (χ4n) is 2.49. The number of carbonyl (C=O) groups is 2. The lowest BCUT2D eigenvalue weighted by molar-refractivity contribution is -0.136. The molecule has 0 saturated heterocycles. The first-order chi connectivity index (χ1) is 10.0. The minimum Gasteiger partial charge on any atom is -0.481 e. The van der Waals surface area contributed by atoms with Crippen molar-refractivity contribution in [3.63, 3.8) is 0 Å². The Kier molecular flexibility index (Phi) is 6.92. The second-order valence-corrected chi connectivity index (χ2v) is 5.13. The highest BCUT2D eigenvalue weighted by molar-refractivity contribution is 5.96. The van der Waals surface area contributed by atoms with E-state index in [1.165, 1.54) is 0 Å². The number of rotatable bonds is 8. The molecule has 0 atom stereocenters. The largest absolute Gasteiger partial charge is 0.481 e. The summed E-state index contributed by atoms with van der Waals surface area (Å²) in [5.74, 6) is -0.905. The summed E-state index contributed by atoms with van der Waals surface area (Å²) in [6, 6.07) is 7.73. The van der Waals surface area contributed by atoms with Crippen LogP contribution in [0.3, 0.4) is 0 Å². The second-order valence-electron chi connectivity index (χ2n) is 5.13. The molecule has 0 radical (unpaired) electrons. The number of anilines is 1. The molecule has 1 amide bonds. The molecule has 1 aromatic rings. The number of aryl methyl sites for hydroxylation is 1. The predicted octanol–water partition coefficient (Wildman–Crippen LogP) is 3.49. The average molecular weight is 291 g/mol. The number of amides is 1. The van der Waals surface area contributed by atoms with Gasteiger partial charge in [-0.05, 0) is 30.9 Å². The van der Waals surface area contributed by atoms with Gasteiger partial charge in [0.05, 0.1) is 6.42 Å². The van der Waals surface area contributed by atoms with Crippen molar-refractivity contribution >= 4 is 17.6 Å². The van der Waals surface area contributed by atoms with Crippen LogP contribution in [-0.4, -0.2) is 23.5 Å². The van der Waals surface area contributed by atoms with Crippen LogP contribution in [0.5, 0.6) is 0 Å². The lowest BCUT2D eigenvalue weighted by Gasteiger charge is -2.28. The molecule has 0 unspecified atom stereocenters.